The van der Waals surface area contributed by atoms with Crippen molar-refractivity contribution in [2.75, 3.05) is 6.54 Å². The van der Waals surface area contributed by atoms with Crippen molar-refractivity contribution in [3.63, 3.8) is 0 Å². The minimum absolute atomic E-state index is 0.0483. The molecule has 0 aromatic carbocycles. The zero-order valence-electron chi connectivity index (χ0n) is 14.5. The van der Waals surface area contributed by atoms with Gasteiger partial charge < -0.3 is 30.7 Å². The van der Waals surface area contributed by atoms with Crippen molar-refractivity contribution in [1.82, 2.24) is 5.32 Å². The van der Waals surface area contributed by atoms with Crippen molar-refractivity contribution in [2.24, 2.45) is 5.73 Å². The number of carboxylic acid groups (broad SMARTS) is 1. The molecule has 158 valence electrons. The van der Waals surface area contributed by atoms with E-state index in [1.54, 1.807) is 0 Å². The summed E-state index contributed by atoms with van der Waals surface area (Å²) in [6.07, 6.45) is -0.915. The van der Waals surface area contributed by atoms with Crippen LogP contribution in [-0.2, 0) is 37.3 Å². The molecule has 0 saturated carbocycles. The van der Waals surface area contributed by atoms with Crippen LogP contribution in [0.15, 0.2) is 0 Å². The van der Waals surface area contributed by atoms with Crippen LogP contribution in [0.2, 0.25) is 0 Å². The molecule has 0 aromatic rings. The van der Waals surface area contributed by atoms with Gasteiger partial charge >= 0.3 is 34.4 Å². The van der Waals surface area contributed by atoms with E-state index in [0.717, 1.165) is 0 Å². The number of esters is 1. The molecule has 0 spiro atoms. The molecule has 3 atom stereocenters. The fourth-order valence-corrected chi connectivity index (χ4v) is 2.78. The summed E-state index contributed by atoms with van der Waals surface area (Å²) in [6.45, 7) is 1.32. The Morgan fingerprint density at radius 2 is 1.67 bits per heavy atom. The lowest BCUT2D eigenvalue weighted by Crippen LogP contribution is -2.39. The van der Waals surface area contributed by atoms with Gasteiger partial charge in [0.25, 0.3) is 0 Å². The van der Waals surface area contributed by atoms with Gasteiger partial charge in [-0.05, 0) is 26.3 Å². The Morgan fingerprint density at radius 3 is 2.11 bits per heavy atom. The molecule has 0 radical (unpaired) electrons. The SMILES string of the molecule is C[C@H](NC(=O)CCCC(=O)OC(CCCN)(O[PH](=O)O)O[PH](=O)O)C(=O)O. The third kappa shape index (κ3) is 11.9. The van der Waals surface area contributed by atoms with Crippen molar-refractivity contribution in [3.8, 4) is 0 Å². The van der Waals surface area contributed by atoms with Crippen LogP contribution >= 0.6 is 16.5 Å². The molecule has 15 heteroatoms. The molecule has 0 fully saturated rings. The summed E-state index contributed by atoms with van der Waals surface area (Å²) in [7, 11) is -7.42. The molecule has 0 aliphatic carbocycles. The smallest absolute Gasteiger partial charge is 0.342 e. The van der Waals surface area contributed by atoms with E-state index in [1.165, 1.54) is 6.92 Å². The van der Waals surface area contributed by atoms with Gasteiger partial charge in [0.05, 0.1) is 0 Å². The molecular formula is C12H24N2O11P2. The number of aliphatic carboxylic acids is 1. The number of nitrogens with one attached hydrogen (secondary N) is 1. The van der Waals surface area contributed by atoms with E-state index in [-0.39, 0.29) is 38.6 Å². The molecule has 0 saturated heterocycles. The summed E-state index contributed by atoms with van der Waals surface area (Å²) in [5, 5.41) is 10.9. The Labute approximate surface area is 156 Å². The molecule has 0 aliphatic heterocycles. The van der Waals surface area contributed by atoms with Crippen molar-refractivity contribution < 1.29 is 52.2 Å². The molecule has 27 heavy (non-hydrogen) atoms. The number of hydrogen-bond donors (Lipinski definition) is 5. The second-order valence-electron chi connectivity index (χ2n) is 5.27. The number of carbonyl (C=O) groups excluding carboxylic acids is 2. The molecular weight excluding hydrogens is 410 g/mol. The van der Waals surface area contributed by atoms with Crippen LogP contribution in [0.1, 0.15) is 39.0 Å². The van der Waals surface area contributed by atoms with E-state index < -0.39 is 46.4 Å². The minimum atomic E-state index is -3.71. The van der Waals surface area contributed by atoms with Gasteiger partial charge in [0.2, 0.25) is 5.91 Å². The van der Waals surface area contributed by atoms with Gasteiger partial charge in [0, 0.05) is 19.3 Å². The van der Waals surface area contributed by atoms with Gasteiger partial charge in [-0.25, -0.2) is 9.05 Å². The average Bonchev–Trinajstić information content (AvgIpc) is 2.51. The molecule has 6 N–H and O–H groups in total. The van der Waals surface area contributed by atoms with E-state index in [4.69, 9.17) is 25.4 Å². The quantitative estimate of drug-likeness (QED) is 0.133. The number of amides is 1. The highest BCUT2D eigenvalue weighted by molar-refractivity contribution is 7.33. The molecule has 1 amide bonds. The summed E-state index contributed by atoms with van der Waals surface area (Å²) in [4.78, 5) is 51.9. The number of nitrogens with two attached hydrogens (primary N) is 1. The van der Waals surface area contributed by atoms with E-state index >= 15 is 0 Å². The molecule has 13 nitrogen and oxygen atoms in total. The fourth-order valence-electron chi connectivity index (χ4n) is 1.79. The molecule has 0 bridgehead atoms. The fraction of sp³-hybridized carbons (Fsp3) is 0.750. The van der Waals surface area contributed by atoms with Gasteiger partial charge in [-0.1, -0.05) is 0 Å². The highest BCUT2D eigenvalue weighted by Crippen LogP contribution is 2.38. The molecule has 0 heterocycles. The van der Waals surface area contributed by atoms with Crippen molar-refractivity contribution in [3.05, 3.63) is 0 Å². The number of hydrogen-bond acceptors (Lipinski definition) is 9. The van der Waals surface area contributed by atoms with E-state index in [9.17, 15) is 23.5 Å². The second-order valence-corrected chi connectivity index (χ2v) is 6.74. The van der Waals surface area contributed by atoms with Crippen LogP contribution in [-0.4, -0.2) is 51.3 Å². The van der Waals surface area contributed by atoms with E-state index in [0.29, 0.717) is 0 Å². The molecule has 0 aromatic heterocycles. The lowest BCUT2D eigenvalue weighted by atomic mass is 10.2. The lowest BCUT2D eigenvalue weighted by molar-refractivity contribution is -0.289. The summed E-state index contributed by atoms with van der Waals surface area (Å²) >= 11 is 0. The standard InChI is InChI=1S/C12H24N2O11P2/c1-8(11(17)18)14-9(15)4-2-5-10(16)23-12(6-3-7-13,24-26(19)20)25-27(21)22/h8,26-27H,2-7,13H2,1H3,(H,14,15)(H,17,18)(H,19,20)(H,21,22)/t8-/m0/s1. The Hall–Kier alpha value is -1.33. The van der Waals surface area contributed by atoms with Gasteiger partial charge in [-0.2, -0.15) is 0 Å². The maximum Gasteiger partial charge on any atom is 0.342 e. The Balaban J connectivity index is 4.78. The normalized spacial score (nSPS) is 16.6. The van der Waals surface area contributed by atoms with Crippen LogP contribution in [0.4, 0.5) is 0 Å². The minimum Gasteiger partial charge on any atom is -0.480 e. The number of carbonyl (C=O) groups is 3. The maximum absolute atomic E-state index is 11.9. The number of rotatable bonds is 14. The topological polar surface area (TPSA) is 212 Å². The second kappa shape index (κ2) is 12.9. The zero-order valence-corrected chi connectivity index (χ0v) is 16.5. The van der Waals surface area contributed by atoms with Gasteiger partial charge in [-0.15, -0.1) is 0 Å². The first-order valence-corrected chi connectivity index (χ1v) is 10.3. The van der Waals surface area contributed by atoms with E-state index in [1.807, 2.05) is 0 Å². The maximum atomic E-state index is 11.9. The Bertz CT molecular complexity index is 556. The van der Waals surface area contributed by atoms with Crippen molar-refractivity contribution in [2.45, 2.75) is 51.0 Å². The number of ether oxygens (including phenoxy) is 1. The average molecular weight is 434 g/mol. The first kappa shape index (κ1) is 25.7. The van der Waals surface area contributed by atoms with Crippen LogP contribution in [0.5, 0.6) is 0 Å². The third-order valence-corrected chi connectivity index (χ3v) is 3.95. The first-order chi connectivity index (χ1) is 12.5. The monoisotopic (exact) mass is 434 g/mol. The summed E-state index contributed by atoms with van der Waals surface area (Å²) < 4.78 is 35.9. The van der Waals surface area contributed by atoms with Gasteiger partial charge in [0.1, 0.15) is 6.04 Å². The molecule has 0 rings (SSSR count). The van der Waals surface area contributed by atoms with Crippen LogP contribution < -0.4 is 11.1 Å². The third-order valence-electron chi connectivity index (χ3n) is 2.97. The summed E-state index contributed by atoms with van der Waals surface area (Å²) in [5.41, 5.74) is 5.30. The Morgan fingerprint density at radius 1 is 1.11 bits per heavy atom. The summed E-state index contributed by atoms with van der Waals surface area (Å²) in [5.74, 6) is -5.41. The highest BCUT2D eigenvalue weighted by Gasteiger charge is 2.40. The van der Waals surface area contributed by atoms with Gasteiger partial charge in [-0.3, -0.25) is 23.5 Å². The molecule has 0 aliphatic rings. The van der Waals surface area contributed by atoms with Crippen LogP contribution in [0.25, 0.3) is 0 Å². The van der Waals surface area contributed by atoms with Crippen LogP contribution in [0.3, 0.4) is 0 Å². The van der Waals surface area contributed by atoms with Crippen molar-refractivity contribution in [1.29, 1.82) is 0 Å². The number of carboxylic acids is 1. The predicted molar refractivity (Wildman–Crippen MR) is 90.8 cm³/mol. The Kier molecular flexibility index (Phi) is 12.3. The first-order valence-electron chi connectivity index (χ1n) is 7.79. The lowest BCUT2D eigenvalue weighted by Gasteiger charge is -2.29. The zero-order chi connectivity index (χ0) is 21.0. The van der Waals surface area contributed by atoms with E-state index in [2.05, 4.69) is 14.4 Å². The van der Waals surface area contributed by atoms with Gasteiger partial charge in [0.15, 0.2) is 0 Å². The summed E-state index contributed by atoms with van der Waals surface area (Å²) in [6, 6.07) is -1.10. The van der Waals surface area contributed by atoms with Crippen LogP contribution in [0, 0.1) is 0 Å². The predicted octanol–water partition coefficient (Wildman–Crippen LogP) is -0.521. The largest absolute Gasteiger partial charge is 0.480 e. The molecule has 2 unspecified atom stereocenters. The van der Waals surface area contributed by atoms with Crippen molar-refractivity contribution >= 4 is 34.4 Å². The highest BCUT2D eigenvalue weighted by atomic mass is 31.1.